The van der Waals surface area contributed by atoms with Gasteiger partial charge in [-0.1, -0.05) is 12.1 Å². The van der Waals surface area contributed by atoms with Crippen molar-refractivity contribution in [1.29, 1.82) is 0 Å². The molecular weight excluding hydrogens is 342 g/mol. The maximum Gasteiger partial charge on any atom is 0.276 e. The minimum Gasteiger partial charge on any atom is -0.335 e. The molecular formula is C19H33N7O. The van der Waals surface area contributed by atoms with Gasteiger partial charge >= 0.3 is 0 Å². The van der Waals surface area contributed by atoms with Crippen molar-refractivity contribution in [3.05, 3.63) is 11.9 Å². The number of hydrogen-bond donors (Lipinski definition) is 1. The number of aromatic nitrogens is 3. The van der Waals surface area contributed by atoms with E-state index >= 15 is 0 Å². The first-order valence-corrected chi connectivity index (χ1v) is 10.6. The Kier molecular flexibility index (Phi) is 6.04. The van der Waals surface area contributed by atoms with Crippen molar-refractivity contribution in [2.75, 3.05) is 58.9 Å². The largest absolute Gasteiger partial charge is 0.335 e. The van der Waals surface area contributed by atoms with Crippen LogP contribution < -0.4 is 5.32 Å². The molecule has 0 unspecified atom stereocenters. The highest BCUT2D eigenvalue weighted by Crippen LogP contribution is 2.28. The van der Waals surface area contributed by atoms with Gasteiger partial charge in [-0.3, -0.25) is 19.3 Å². The molecule has 8 heteroatoms. The minimum absolute atomic E-state index is 0.0543. The Morgan fingerprint density at radius 2 is 2.00 bits per heavy atom. The standard InChI is InChI=1S/C19H33N7O/c1-2-7-24-12-16-3-4-17(24)14-25(13-16)19(27)18-15-26(22-21-18)11-10-23-8-5-20-6-9-23/h15-17,20H,2-14H2,1H3/t16-,17-/m1/s1. The minimum atomic E-state index is 0.0543. The summed E-state index contributed by atoms with van der Waals surface area (Å²) >= 11 is 0. The third-order valence-electron chi connectivity index (χ3n) is 6.24. The van der Waals surface area contributed by atoms with Crippen molar-refractivity contribution in [2.24, 2.45) is 5.92 Å². The third kappa shape index (κ3) is 4.50. The molecule has 0 aliphatic carbocycles. The van der Waals surface area contributed by atoms with E-state index < -0.39 is 0 Å². The summed E-state index contributed by atoms with van der Waals surface area (Å²) in [6.45, 7) is 12.2. The fourth-order valence-corrected chi connectivity index (χ4v) is 4.75. The maximum atomic E-state index is 13.0. The molecule has 2 bridgehead atoms. The normalized spacial score (nSPS) is 27.1. The fraction of sp³-hybridized carbons (Fsp3) is 0.842. The fourth-order valence-electron chi connectivity index (χ4n) is 4.75. The molecule has 5 heterocycles. The zero-order chi connectivity index (χ0) is 18.6. The lowest BCUT2D eigenvalue weighted by molar-refractivity contribution is 0.0732. The van der Waals surface area contributed by atoms with Gasteiger partial charge in [-0.2, -0.15) is 0 Å². The van der Waals surface area contributed by atoms with Gasteiger partial charge in [0.05, 0.1) is 12.7 Å². The van der Waals surface area contributed by atoms with E-state index in [0.717, 1.165) is 65.4 Å². The van der Waals surface area contributed by atoms with E-state index in [-0.39, 0.29) is 5.91 Å². The Hall–Kier alpha value is -1.51. The summed E-state index contributed by atoms with van der Waals surface area (Å²) in [5.41, 5.74) is 0.499. The number of carbonyl (C=O) groups excluding carboxylic acids is 1. The molecule has 2 atom stereocenters. The number of fused-ring (bicyclic) bond motifs is 4. The van der Waals surface area contributed by atoms with Gasteiger partial charge in [0.2, 0.25) is 0 Å². The summed E-state index contributed by atoms with van der Waals surface area (Å²) in [6, 6.07) is 0.510. The molecule has 0 spiro atoms. The van der Waals surface area contributed by atoms with E-state index in [9.17, 15) is 4.79 Å². The van der Waals surface area contributed by atoms with Crippen LogP contribution in [0, 0.1) is 5.92 Å². The average Bonchev–Trinajstić information content (AvgIpc) is 2.99. The third-order valence-corrected chi connectivity index (χ3v) is 6.24. The van der Waals surface area contributed by atoms with Crippen LogP contribution in [0.2, 0.25) is 0 Å². The lowest BCUT2D eigenvalue weighted by atomic mass is 9.95. The van der Waals surface area contributed by atoms with Gasteiger partial charge in [-0.25, -0.2) is 0 Å². The number of carbonyl (C=O) groups is 1. The van der Waals surface area contributed by atoms with E-state index in [1.54, 1.807) is 0 Å². The Morgan fingerprint density at radius 3 is 2.81 bits per heavy atom. The first-order valence-electron chi connectivity index (χ1n) is 10.6. The van der Waals surface area contributed by atoms with Gasteiger partial charge < -0.3 is 10.2 Å². The van der Waals surface area contributed by atoms with E-state index in [1.165, 1.54) is 19.3 Å². The summed E-state index contributed by atoms with van der Waals surface area (Å²) in [7, 11) is 0. The second-order valence-electron chi connectivity index (χ2n) is 8.26. The molecule has 0 aromatic carbocycles. The highest BCUT2D eigenvalue weighted by molar-refractivity contribution is 5.92. The molecule has 1 amide bonds. The second-order valence-corrected chi connectivity index (χ2v) is 8.26. The van der Waals surface area contributed by atoms with Crippen LogP contribution in [0.25, 0.3) is 0 Å². The van der Waals surface area contributed by atoms with Gasteiger partial charge in [0.1, 0.15) is 0 Å². The number of amides is 1. The van der Waals surface area contributed by atoms with E-state index in [0.29, 0.717) is 17.7 Å². The quantitative estimate of drug-likeness (QED) is 0.762. The topological polar surface area (TPSA) is 69.5 Å². The van der Waals surface area contributed by atoms with Crippen molar-refractivity contribution in [1.82, 2.24) is 35.0 Å². The Bertz CT molecular complexity index is 627. The first kappa shape index (κ1) is 18.8. The average molecular weight is 376 g/mol. The molecule has 0 radical (unpaired) electrons. The van der Waals surface area contributed by atoms with Gasteiger partial charge in [0.15, 0.2) is 5.69 Å². The van der Waals surface area contributed by atoms with Crippen molar-refractivity contribution >= 4 is 5.91 Å². The number of nitrogens with one attached hydrogen (secondary N) is 1. The van der Waals surface area contributed by atoms with Gasteiger partial charge in [-0.05, 0) is 31.7 Å². The van der Waals surface area contributed by atoms with Crippen molar-refractivity contribution in [2.45, 2.75) is 38.8 Å². The molecule has 1 aromatic heterocycles. The lowest BCUT2D eigenvalue weighted by Crippen LogP contribution is -2.44. The molecule has 5 rings (SSSR count). The highest BCUT2D eigenvalue weighted by Gasteiger charge is 2.36. The predicted octanol–water partition coefficient (Wildman–Crippen LogP) is 0.130. The van der Waals surface area contributed by atoms with Crippen LogP contribution >= 0.6 is 0 Å². The number of piperazine rings is 1. The van der Waals surface area contributed by atoms with Crippen LogP contribution in [0.15, 0.2) is 6.20 Å². The first-order chi connectivity index (χ1) is 13.2. The van der Waals surface area contributed by atoms with Gasteiger partial charge in [0.25, 0.3) is 5.91 Å². The smallest absolute Gasteiger partial charge is 0.276 e. The lowest BCUT2D eigenvalue weighted by Gasteiger charge is -2.35. The SMILES string of the molecule is CCCN1C[C@H]2CC[C@@H]1CN(C(=O)c1cn(CCN3CCNCC3)nn1)C2. The van der Waals surface area contributed by atoms with Crippen LogP contribution in [0.4, 0.5) is 0 Å². The van der Waals surface area contributed by atoms with Crippen molar-refractivity contribution in [3.63, 3.8) is 0 Å². The van der Waals surface area contributed by atoms with E-state index in [2.05, 4.69) is 32.4 Å². The molecule has 4 fully saturated rings. The predicted molar refractivity (Wildman–Crippen MR) is 104 cm³/mol. The Balaban J connectivity index is 1.35. The summed E-state index contributed by atoms with van der Waals surface area (Å²) in [5.74, 6) is 0.653. The highest BCUT2D eigenvalue weighted by atomic mass is 16.2. The van der Waals surface area contributed by atoms with Crippen LogP contribution in [0.5, 0.6) is 0 Å². The number of nitrogens with zero attached hydrogens (tertiary/aromatic N) is 6. The van der Waals surface area contributed by atoms with Gasteiger partial charge in [-0.15, -0.1) is 5.10 Å². The van der Waals surface area contributed by atoms with E-state index in [1.807, 2.05) is 15.8 Å². The molecule has 1 N–H and O–H groups in total. The Labute approximate surface area is 161 Å². The monoisotopic (exact) mass is 375 g/mol. The van der Waals surface area contributed by atoms with Crippen LogP contribution in [0.1, 0.15) is 36.7 Å². The number of rotatable bonds is 6. The zero-order valence-corrected chi connectivity index (χ0v) is 16.5. The van der Waals surface area contributed by atoms with Crippen LogP contribution in [-0.2, 0) is 6.54 Å². The molecule has 0 saturated carbocycles. The molecule has 150 valence electrons. The van der Waals surface area contributed by atoms with Crippen molar-refractivity contribution < 1.29 is 4.79 Å². The molecule has 4 saturated heterocycles. The second kappa shape index (κ2) is 8.67. The van der Waals surface area contributed by atoms with E-state index in [4.69, 9.17) is 0 Å². The van der Waals surface area contributed by atoms with Gasteiger partial charge in [0, 0.05) is 58.4 Å². The van der Waals surface area contributed by atoms with Crippen LogP contribution in [0.3, 0.4) is 0 Å². The molecule has 8 nitrogen and oxygen atoms in total. The number of hydrogen-bond acceptors (Lipinski definition) is 6. The summed E-state index contributed by atoms with van der Waals surface area (Å²) in [6.07, 6.45) is 5.47. The molecule has 27 heavy (non-hydrogen) atoms. The molecule has 4 aliphatic heterocycles. The van der Waals surface area contributed by atoms with Crippen LogP contribution in [-0.4, -0.2) is 101 Å². The number of piperidine rings is 1. The van der Waals surface area contributed by atoms with Crippen molar-refractivity contribution in [3.8, 4) is 0 Å². The molecule has 1 aromatic rings. The molecule has 4 aliphatic rings. The summed E-state index contributed by atoms with van der Waals surface area (Å²) in [5, 5.41) is 11.8. The summed E-state index contributed by atoms with van der Waals surface area (Å²) in [4.78, 5) is 20.1. The maximum absolute atomic E-state index is 13.0. The summed E-state index contributed by atoms with van der Waals surface area (Å²) < 4.78 is 1.82. The Morgan fingerprint density at radius 1 is 1.15 bits per heavy atom. The zero-order valence-electron chi connectivity index (χ0n) is 16.5.